The Morgan fingerprint density at radius 1 is 1.31 bits per heavy atom. The highest BCUT2D eigenvalue weighted by atomic mass is 16.4. The van der Waals surface area contributed by atoms with E-state index in [0.717, 1.165) is 43.0 Å². The Morgan fingerprint density at radius 3 is 2.88 bits per heavy atom. The molecule has 2 heterocycles. The summed E-state index contributed by atoms with van der Waals surface area (Å²) >= 11 is 0. The normalized spacial score (nSPS) is 15.2. The molecular weight excluding hydrogens is 332 g/mol. The number of carboxylic acid groups (broad SMARTS) is 1. The zero-order valence-corrected chi connectivity index (χ0v) is 14.9. The number of rotatable bonds is 8. The summed E-state index contributed by atoms with van der Waals surface area (Å²) in [6, 6.07) is 5.44. The summed E-state index contributed by atoms with van der Waals surface area (Å²) in [6.45, 7) is 3.33. The number of benzene rings is 1. The van der Waals surface area contributed by atoms with Crippen LogP contribution in [0, 0.1) is 5.92 Å². The van der Waals surface area contributed by atoms with Crippen LogP contribution in [0.15, 0.2) is 24.5 Å². The molecule has 7 heteroatoms. The highest BCUT2D eigenvalue weighted by Gasteiger charge is 2.13. The molecule has 0 spiro atoms. The van der Waals surface area contributed by atoms with Crippen molar-refractivity contribution in [3.63, 3.8) is 0 Å². The minimum absolute atomic E-state index is 0.0837. The van der Waals surface area contributed by atoms with Gasteiger partial charge in [-0.25, -0.2) is 4.98 Å². The topological polar surface area (TPSA) is 96.2 Å². The van der Waals surface area contributed by atoms with E-state index >= 15 is 0 Å². The number of nitrogens with zero attached hydrogens (tertiary/aromatic N) is 2. The van der Waals surface area contributed by atoms with Gasteiger partial charge in [-0.1, -0.05) is 0 Å². The maximum atomic E-state index is 12.1. The molecule has 26 heavy (non-hydrogen) atoms. The van der Waals surface area contributed by atoms with E-state index < -0.39 is 5.97 Å². The predicted octanol–water partition coefficient (Wildman–Crippen LogP) is 2.02. The number of aryl methyl sites for hydroxylation is 1. The fraction of sp³-hybridized carbons (Fsp3) is 0.526. The number of nitrogens with one attached hydrogen (secondary N) is 2. The van der Waals surface area contributed by atoms with Crippen molar-refractivity contribution in [2.24, 2.45) is 5.92 Å². The monoisotopic (exact) mass is 358 g/mol. The Balaban J connectivity index is 1.56. The molecule has 0 bridgehead atoms. The van der Waals surface area contributed by atoms with Crippen LogP contribution in [0.3, 0.4) is 0 Å². The second kappa shape index (κ2) is 8.80. The largest absolute Gasteiger partial charge is 0.481 e. The molecular formula is C19H26N4O3. The third kappa shape index (κ3) is 4.82. The van der Waals surface area contributed by atoms with Crippen molar-refractivity contribution in [1.82, 2.24) is 20.2 Å². The van der Waals surface area contributed by atoms with E-state index in [1.807, 2.05) is 12.4 Å². The molecule has 0 radical (unpaired) electrons. The van der Waals surface area contributed by atoms with Gasteiger partial charge in [0.25, 0.3) is 5.91 Å². The molecule has 1 aliphatic rings. The minimum Gasteiger partial charge on any atom is -0.481 e. The molecule has 0 atom stereocenters. The number of hydrogen-bond acceptors (Lipinski definition) is 4. The average Bonchev–Trinajstić information content (AvgIpc) is 3.04. The molecule has 1 saturated heterocycles. The Hall–Kier alpha value is -2.41. The third-order valence-electron chi connectivity index (χ3n) is 4.98. The van der Waals surface area contributed by atoms with Crippen molar-refractivity contribution in [2.45, 2.75) is 38.6 Å². The van der Waals surface area contributed by atoms with Crippen molar-refractivity contribution < 1.29 is 14.7 Å². The molecule has 1 aliphatic heterocycles. The van der Waals surface area contributed by atoms with Gasteiger partial charge >= 0.3 is 5.97 Å². The molecule has 1 amide bonds. The zero-order valence-electron chi connectivity index (χ0n) is 14.9. The lowest BCUT2D eigenvalue weighted by Gasteiger charge is -2.22. The SMILES string of the molecule is O=C(O)CCNC(=O)c1ccc2c(c1)ncn2CCCC1CCNCC1. The van der Waals surface area contributed by atoms with Crippen molar-refractivity contribution in [2.75, 3.05) is 19.6 Å². The fourth-order valence-corrected chi connectivity index (χ4v) is 3.49. The lowest BCUT2D eigenvalue weighted by atomic mass is 9.93. The van der Waals surface area contributed by atoms with E-state index in [1.165, 1.54) is 19.3 Å². The van der Waals surface area contributed by atoms with Crippen LogP contribution >= 0.6 is 0 Å². The first-order valence-corrected chi connectivity index (χ1v) is 9.29. The summed E-state index contributed by atoms with van der Waals surface area (Å²) in [4.78, 5) is 27.0. The molecule has 0 saturated carbocycles. The summed E-state index contributed by atoms with van der Waals surface area (Å²) < 4.78 is 2.14. The van der Waals surface area contributed by atoms with E-state index in [2.05, 4.69) is 20.2 Å². The van der Waals surface area contributed by atoms with Crippen LogP contribution in [0.5, 0.6) is 0 Å². The van der Waals surface area contributed by atoms with Crippen molar-refractivity contribution in [3.05, 3.63) is 30.1 Å². The van der Waals surface area contributed by atoms with E-state index in [-0.39, 0.29) is 18.9 Å². The number of carbonyl (C=O) groups is 2. The van der Waals surface area contributed by atoms with Crippen LogP contribution in [-0.4, -0.2) is 46.2 Å². The molecule has 1 aromatic heterocycles. The predicted molar refractivity (Wildman–Crippen MR) is 99.1 cm³/mol. The Morgan fingerprint density at radius 2 is 2.12 bits per heavy atom. The first kappa shape index (κ1) is 18.4. The number of hydrogen-bond donors (Lipinski definition) is 3. The van der Waals surface area contributed by atoms with Gasteiger partial charge in [-0.2, -0.15) is 0 Å². The molecule has 3 rings (SSSR count). The van der Waals surface area contributed by atoms with E-state index in [9.17, 15) is 9.59 Å². The lowest BCUT2D eigenvalue weighted by molar-refractivity contribution is -0.136. The van der Waals surface area contributed by atoms with Crippen LogP contribution in [0.2, 0.25) is 0 Å². The second-order valence-electron chi connectivity index (χ2n) is 6.88. The van der Waals surface area contributed by atoms with Gasteiger partial charge in [-0.15, -0.1) is 0 Å². The van der Waals surface area contributed by atoms with Crippen molar-refractivity contribution in [1.29, 1.82) is 0 Å². The number of imidazole rings is 1. The molecule has 0 aliphatic carbocycles. The van der Waals surface area contributed by atoms with Crippen LogP contribution in [0.4, 0.5) is 0 Å². The molecule has 7 nitrogen and oxygen atoms in total. The fourth-order valence-electron chi connectivity index (χ4n) is 3.49. The summed E-state index contributed by atoms with van der Waals surface area (Å²) in [5.41, 5.74) is 2.32. The Bertz CT molecular complexity index is 765. The maximum Gasteiger partial charge on any atom is 0.305 e. The zero-order chi connectivity index (χ0) is 18.4. The van der Waals surface area contributed by atoms with Crippen LogP contribution < -0.4 is 10.6 Å². The molecule has 0 unspecified atom stereocenters. The number of fused-ring (bicyclic) bond motifs is 1. The van der Waals surface area contributed by atoms with Crippen molar-refractivity contribution >= 4 is 22.9 Å². The maximum absolute atomic E-state index is 12.1. The molecule has 1 fully saturated rings. The first-order valence-electron chi connectivity index (χ1n) is 9.29. The standard InChI is InChI=1S/C19H26N4O3/c24-18(25)7-10-21-19(26)15-3-4-17-16(12-15)22-13-23(17)11-1-2-14-5-8-20-9-6-14/h3-4,12-14,20H,1-2,5-11H2,(H,21,26)(H,24,25). The van der Waals surface area contributed by atoms with E-state index in [0.29, 0.717) is 5.56 Å². The smallest absolute Gasteiger partial charge is 0.305 e. The number of aromatic nitrogens is 2. The molecule has 3 N–H and O–H groups in total. The van der Waals surface area contributed by atoms with Crippen LogP contribution in [0.1, 0.15) is 42.5 Å². The van der Waals surface area contributed by atoms with Gasteiger partial charge in [0.2, 0.25) is 0 Å². The van der Waals surface area contributed by atoms with Gasteiger partial charge in [0, 0.05) is 18.7 Å². The highest BCUT2D eigenvalue weighted by molar-refractivity contribution is 5.97. The molecule has 1 aromatic carbocycles. The number of piperidine rings is 1. The molecule has 140 valence electrons. The van der Waals surface area contributed by atoms with Gasteiger partial charge in [0.15, 0.2) is 0 Å². The summed E-state index contributed by atoms with van der Waals surface area (Å²) in [6.07, 6.45) is 6.66. The number of carboxylic acids is 1. The van der Waals surface area contributed by atoms with Gasteiger partial charge in [-0.3, -0.25) is 9.59 Å². The van der Waals surface area contributed by atoms with Crippen molar-refractivity contribution in [3.8, 4) is 0 Å². The number of carbonyl (C=O) groups excluding carboxylic acids is 1. The first-order chi connectivity index (χ1) is 12.6. The Labute approximate surface area is 152 Å². The van der Waals surface area contributed by atoms with E-state index in [4.69, 9.17) is 5.11 Å². The van der Waals surface area contributed by atoms with Gasteiger partial charge in [-0.05, 0) is 62.9 Å². The average molecular weight is 358 g/mol. The quantitative estimate of drug-likeness (QED) is 0.671. The summed E-state index contributed by atoms with van der Waals surface area (Å²) in [5, 5.41) is 14.6. The molecule has 2 aromatic rings. The van der Waals surface area contributed by atoms with Gasteiger partial charge in [0.1, 0.15) is 0 Å². The third-order valence-corrected chi connectivity index (χ3v) is 4.98. The van der Waals surface area contributed by atoms with E-state index in [1.54, 1.807) is 12.1 Å². The lowest BCUT2D eigenvalue weighted by Crippen LogP contribution is -2.27. The Kier molecular flexibility index (Phi) is 6.22. The minimum atomic E-state index is -0.927. The summed E-state index contributed by atoms with van der Waals surface area (Å²) in [7, 11) is 0. The van der Waals surface area contributed by atoms with Gasteiger partial charge < -0.3 is 20.3 Å². The number of aliphatic carboxylic acids is 1. The summed E-state index contributed by atoms with van der Waals surface area (Å²) in [5.74, 6) is -0.371. The second-order valence-corrected chi connectivity index (χ2v) is 6.88. The van der Waals surface area contributed by atoms with Crippen LogP contribution in [-0.2, 0) is 11.3 Å². The highest BCUT2D eigenvalue weighted by Crippen LogP contribution is 2.20. The number of amides is 1. The van der Waals surface area contributed by atoms with Gasteiger partial charge in [0.05, 0.1) is 23.8 Å². The van der Waals surface area contributed by atoms with Crippen LogP contribution in [0.25, 0.3) is 11.0 Å².